The first kappa shape index (κ1) is 16.2. The average Bonchev–Trinajstić information content (AvgIpc) is 2.32. The van der Waals surface area contributed by atoms with Gasteiger partial charge in [-0.15, -0.1) is 0 Å². The summed E-state index contributed by atoms with van der Waals surface area (Å²) in [6, 6.07) is 0.499. The van der Waals surface area contributed by atoms with Crippen LogP contribution in [-0.4, -0.2) is 13.1 Å². The van der Waals surface area contributed by atoms with Crippen molar-refractivity contribution < 1.29 is 22.4 Å². The van der Waals surface area contributed by atoms with Crippen LogP contribution < -0.4 is 0 Å². The number of benzene rings is 1. The summed E-state index contributed by atoms with van der Waals surface area (Å²) in [6.07, 6.45) is 0. The zero-order valence-electron chi connectivity index (χ0n) is 11.4. The highest BCUT2D eigenvalue weighted by molar-refractivity contribution is 6.74. The van der Waals surface area contributed by atoms with Crippen LogP contribution in [0, 0.1) is 23.3 Å². The minimum atomic E-state index is -2.94. The van der Waals surface area contributed by atoms with Gasteiger partial charge in [0.2, 0.25) is 0 Å². The van der Waals surface area contributed by atoms with Gasteiger partial charge in [0, 0.05) is 0 Å². The maximum absolute atomic E-state index is 13.6. The Bertz CT molecular complexity index is 466. The van der Waals surface area contributed by atoms with E-state index in [0.717, 1.165) is 0 Å². The lowest BCUT2D eigenvalue weighted by Gasteiger charge is -2.33. The summed E-state index contributed by atoms with van der Waals surface area (Å²) < 4.78 is 52.8. The number of halogens is 4. The molecule has 0 spiro atoms. The lowest BCUT2D eigenvalue weighted by Crippen LogP contribution is -2.44. The molecule has 0 saturated heterocycles. The second-order valence-electron chi connectivity index (χ2n) is 5.44. The lowest BCUT2D eigenvalue weighted by molar-refractivity contribution is 0.403. The maximum Gasteiger partial charge on any atom is 0.198 e. The first-order valence-electron chi connectivity index (χ1n) is 6.15. The average molecular weight is 294 g/mol. The van der Waals surface area contributed by atoms with Gasteiger partial charge in [-0.05, 0) is 28.8 Å². The van der Waals surface area contributed by atoms with E-state index in [1.54, 1.807) is 27.7 Å². The van der Waals surface area contributed by atoms with E-state index in [0.29, 0.717) is 6.07 Å². The van der Waals surface area contributed by atoms with E-state index in [1.807, 2.05) is 0 Å². The molecule has 0 saturated carbocycles. The van der Waals surface area contributed by atoms with Crippen molar-refractivity contribution in [3.8, 4) is 0 Å². The van der Waals surface area contributed by atoms with Crippen LogP contribution in [0.25, 0.3) is 0 Å². The Hall–Kier alpha value is -0.883. The molecule has 0 atom stereocenters. The molecular formula is C13H18F4OSi. The molecule has 1 aromatic rings. The molecule has 0 unspecified atom stereocenters. The largest absolute Gasteiger partial charge is 0.431 e. The molecule has 19 heavy (non-hydrogen) atoms. The van der Waals surface area contributed by atoms with Crippen molar-refractivity contribution in [3.63, 3.8) is 0 Å². The second kappa shape index (κ2) is 5.62. The van der Waals surface area contributed by atoms with Crippen LogP contribution in [0.1, 0.15) is 33.3 Å². The van der Waals surface area contributed by atoms with Crippen LogP contribution in [0.5, 0.6) is 0 Å². The minimum absolute atomic E-state index is 0.108. The molecule has 0 fully saturated rings. The Kier molecular flexibility index (Phi) is 4.79. The van der Waals surface area contributed by atoms with Gasteiger partial charge < -0.3 is 4.80 Å². The Morgan fingerprint density at radius 1 is 0.947 bits per heavy atom. The van der Waals surface area contributed by atoms with E-state index in [9.17, 15) is 22.4 Å². The minimum Gasteiger partial charge on any atom is -0.431 e. The van der Waals surface area contributed by atoms with Gasteiger partial charge in [0.25, 0.3) is 0 Å². The fraction of sp³-hybridized carbons (Fsp3) is 0.538. The van der Waals surface area contributed by atoms with Crippen LogP contribution in [0.15, 0.2) is 6.07 Å². The van der Waals surface area contributed by atoms with Gasteiger partial charge in [-0.2, -0.15) is 0 Å². The van der Waals surface area contributed by atoms with Gasteiger partial charge >= 0.3 is 0 Å². The summed E-state index contributed by atoms with van der Waals surface area (Å²) in [4.78, 5) is 10.6. The lowest BCUT2D eigenvalue weighted by atomic mass is 10.2. The third-order valence-corrected chi connectivity index (χ3v) is 8.60. The topological polar surface area (TPSA) is 20.2 Å². The van der Waals surface area contributed by atoms with E-state index in [1.165, 1.54) is 0 Å². The highest BCUT2D eigenvalue weighted by atomic mass is 28.4. The van der Waals surface area contributed by atoms with Crippen LogP contribution >= 0.6 is 0 Å². The molecule has 6 heteroatoms. The van der Waals surface area contributed by atoms with E-state index in [4.69, 9.17) is 0 Å². The molecule has 0 aliphatic carbocycles. The standard InChI is InChI=1S/C13H18F4OSi/c1-7(2)19(18,8(3)4)6-9-5-10(14)12(16)13(17)11(9)15/h5,7-8,18H,6H2,1-4H3. The van der Waals surface area contributed by atoms with Gasteiger partial charge in [-0.1, -0.05) is 27.7 Å². The quantitative estimate of drug-likeness (QED) is 0.384. The van der Waals surface area contributed by atoms with Crippen LogP contribution in [0.4, 0.5) is 17.6 Å². The fourth-order valence-electron chi connectivity index (χ4n) is 2.13. The summed E-state index contributed by atoms with van der Waals surface area (Å²) >= 11 is 0. The van der Waals surface area contributed by atoms with Gasteiger partial charge in [0.1, 0.15) is 0 Å². The van der Waals surface area contributed by atoms with Gasteiger partial charge in [0.05, 0.1) is 0 Å². The Labute approximate surface area is 111 Å². The molecular weight excluding hydrogens is 276 g/mol. The van der Waals surface area contributed by atoms with E-state index >= 15 is 0 Å². The van der Waals surface area contributed by atoms with E-state index < -0.39 is 31.6 Å². The highest BCUT2D eigenvalue weighted by Gasteiger charge is 2.40. The van der Waals surface area contributed by atoms with Crippen molar-refractivity contribution >= 4 is 8.32 Å². The smallest absolute Gasteiger partial charge is 0.198 e. The van der Waals surface area contributed by atoms with Crippen LogP contribution in [0.3, 0.4) is 0 Å². The SMILES string of the molecule is CC(C)[Si](O)(Cc1cc(F)c(F)c(F)c1F)C(C)C. The summed E-state index contributed by atoms with van der Waals surface area (Å²) in [5, 5.41) is 0. The zero-order chi connectivity index (χ0) is 15.0. The molecule has 0 radical (unpaired) electrons. The van der Waals surface area contributed by atoms with Crippen LogP contribution in [-0.2, 0) is 6.04 Å². The molecule has 0 aromatic heterocycles. The van der Waals surface area contributed by atoms with Gasteiger partial charge in [-0.25, -0.2) is 17.6 Å². The monoisotopic (exact) mass is 294 g/mol. The van der Waals surface area contributed by atoms with Crippen molar-refractivity contribution in [2.24, 2.45) is 0 Å². The summed E-state index contributed by atoms with van der Waals surface area (Å²) in [5.74, 6) is -6.48. The Morgan fingerprint density at radius 3 is 1.84 bits per heavy atom. The molecule has 1 nitrogen and oxygen atoms in total. The fourth-order valence-corrected chi connectivity index (χ4v) is 5.15. The first-order chi connectivity index (χ1) is 8.61. The first-order valence-corrected chi connectivity index (χ1v) is 8.46. The maximum atomic E-state index is 13.6. The van der Waals surface area contributed by atoms with Crippen molar-refractivity contribution in [2.45, 2.75) is 44.8 Å². The second-order valence-corrected chi connectivity index (χ2v) is 10.1. The molecule has 1 N–H and O–H groups in total. The van der Waals surface area contributed by atoms with Crippen molar-refractivity contribution in [3.05, 3.63) is 34.9 Å². The van der Waals surface area contributed by atoms with E-state index in [2.05, 4.69) is 0 Å². The molecule has 108 valence electrons. The molecule has 0 aliphatic rings. The Balaban J connectivity index is 3.26. The van der Waals surface area contributed by atoms with Crippen molar-refractivity contribution in [1.82, 2.24) is 0 Å². The van der Waals surface area contributed by atoms with Crippen LogP contribution in [0.2, 0.25) is 11.1 Å². The van der Waals surface area contributed by atoms with Crippen molar-refractivity contribution in [1.29, 1.82) is 0 Å². The summed E-state index contributed by atoms with van der Waals surface area (Å²) in [5.41, 5.74) is -0.515. The Morgan fingerprint density at radius 2 is 1.42 bits per heavy atom. The number of hydrogen-bond donors (Lipinski definition) is 1. The van der Waals surface area contributed by atoms with Gasteiger partial charge in [0.15, 0.2) is 31.6 Å². The highest BCUT2D eigenvalue weighted by Crippen LogP contribution is 2.34. The summed E-state index contributed by atoms with van der Waals surface area (Å²) in [6.45, 7) is 7.17. The van der Waals surface area contributed by atoms with E-state index in [-0.39, 0.29) is 22.7 Å². The third kappa shape index (κ3) is 3.00. The van der Waals surface area contributed by atoms with Crippen molar-refractivity contribution in [2.75, 3.05) is 0 Å². The predicted octanol–water partition coefficient (Wildman–Crippen LogP) is 4.08. The molecule has 0 amide bonds. The molecule has 1 aromatic carbocycles. The zero-order valence-corrected chi connectivity index (χ0v) is 12.4. The van der Waals surface area contributed by atoms with Gasteiger partial charge in [-0.3, -0.25) is 0 Å². The molecule has 0 bridgehead atoms. The predicted molar refractivity (Wildman–Crippen MR) is 68.1 cm³/mol. The third-order valence-electron chi connectivity index (χ3n) is 3.65. The number of hydrogen-bond acceptors (Lipinski definition) is 1. The molecule has 0 heterocycles. The molecule has 0 aliphatic heterocycles. The normalized spacial score (nSPS) is 12.6. The number of rotatable bonds is 4. The summed E-state index contributed by atoms with van der Waals surface area (Å²) in [7, 11) is -2.94. The molecule has 1 rings (SSSR count).